The lowest BCUT2D eigenvalue weighted by Crippen LogP contribution is -2.02. The zero-order valence-corrected chi connectivity index (χ0v) is 10.9. The summed E-state index contributed by atoms with van der Waals surface area (Å²) in [6, 6.07) is 3.49. The fourth-order valence-corrected chi connectivity index (χ4v) is 1.58. The van der Waals surface area contributed by atoms with Gasteiger partial charge in [-0.05, 0) is 25.5 Å². The summed E-state index contributed by atoms with van der Waals surface area (Å²) >= 11 is 0. The first-order chi connectivity index (χ1) is 9.22. The molecule has 0 aromatic carbocycles. The molecule has 0 saturated heterocycles. The van der Waals surface area contributed by atoms with Gasteiger partial charge in [-0.2, -0.15) is 4.98 Å². The third-order valence-electron chi connectivity index (χ3n) is 2.47. The molecule has 2 heterocycles. The summed E-state index contributed by atoms with van der Waals surface area (Å²) in [5, 5.41) is 3.80. The number of carbonyl (C=O) groups is 1. The number of nitrogens with zero attached hydrogens (tertiary/aromatic N) is 3. The van der Waals surface area contributed by atoms with Crippen molar-refractivity contribution in [2.45, 2.75) is 33.3 Å². The quantitative estimate of drug-likeness (QED) is 0.741. The molecule has 0 spiro atoms. The largest absolute Gasteiger partial charge is 0.483 e. The highest BCUT2D eigenvalue weighted by Crippen LogP contribution is 2.16. The molecular formula is C13H15N3O3. The summed E-state index contributed by atoms with van der Waals surface area (Å²) in [7, 11) is 0. The summed E-state index contributed by atoms with van der Waals surface area (Å²) in [6.07, 6.45) is 2.36. The summed E-state index contributed by atoms with van der Waals surface area (Å²) in [5.74, 6) is 1.47. The second-order valence-electron chi connectivity index (χ2n) is 4.10. The predicted molar refractivity (Wildman–Crippen MR) is 67.0 cm³/mol. The number of pyridine rings is 1. The van der Waals surface area contributed by atoms with Gasteiger partial charge in [-0.1, -0.05) is 12.1 Å². The van der Waals surface area contributed by atoms with E-state index in [1.807, 2.05) is 13.8 Å². The van der Waals surface area contributed by atoms with Gasteiger partial charge in [0.15, 0.2) is 12.9 Å². The van der Waals surface area contributed by atoms with E-state index in [1.165, 1.54) is 0 Å². The van der Waals surface area contributed by atoms with Crippen molar-refractivity contribution >= 4 is 6.29 Å². The zero-order chi connectivity index (χ0) is 13.7. The van der Waals surface area contributed by atoms with Crippen molar-refractivity contribution in [1.29, 1.82) is 0 Å². The van der Waals surface area contributed by atoms with Crippen LogP contribution in [0.15, 0.2) is 16.7 Å². The van der Waals surface area contributed by atoms with Crippen molar-refractivity contribution < 1.29 is 14.1 Å². The molecule has 0 unspecified atom stereocenters. The van der Waals surface area contributed by atoms with E-state index in [2.05, 4.69) is 15.1 Å². The Balaban J connectivity index is 2.03. The molecule has 0 aliphatic heterocycles. The summed E-state index contributed by atoms with van der Waals surface area (Å²) < 4.78 is 10.5. The van der Waals surface area contributed by atoms with E-state index in [-0.39, 0.29) is 12.3 Å². The van der Waals surface area contributed by atoms with Gasteiger partial charge in [-0.25, -0.2) is 4.98 Å². The smallest absolute Gasteiger partial charge is 0.226 e. The molecule has 100 valence electrons. The minimum absolute atomic E-state index is 0.152. The van der Waals surface area contributed by atoms with Crippen LogP contribution in [-0.2, 0) is 13.0 Å². The molecule has 0 aliphatic rings. The van der Waals surface area contributed by atoms with E-state index in [0.29, 0.717) is 23.8 Å². The number of ether oxygens (including phenoxy) is 1. The van der Waals surface area contributed by atoms with E-state index in [1.54, 1.807) is 12.1 Å². The number of hydrogen-bond acceptors (Lipinski definition) is 6. The van der Waals surface area contributed by atoms with Gasteiger partial charge in [0.2, 0.25) is 11.7 Å². The van der Waals surface area contributed by atoms with Crippen molar-refractivity contribution in [2.75, 3.05) is 0 Å². The fraction of sp³-hybridized carbons (Fsp3) is 0.385. The Labute approximate surface area is 110 Å². The molecule has 2 aromatic heterocycles. The lowest BCUT2D eigenvalue weighted by Gasteiger charge is -2.05. The maximum atomic E-state index is 10.9. The fourth-order valence-electron chi connectivity index (χ4n) is 1.58. The molecule has 0 atom stereocenters. The van der Waals surface area contributed by atoms with Gasteiger partial charge in [0.05, 0.1) is 0 Å². The van der Waals surface area contributed by atoms with Crippen molar-refractivity contribution in [1.82, 2.24) is 15.1 Å². The molecule has 0 amide bonds. The number of carbonyl (C=O) groups excluding carboxylic acids is 1. The Kier molecular flexibility index (Phi) is 4.22. The standard InChI is InChI=1S/C13H15N3O3/c1-3-4-13-15-12(16-19-13)8-18-11-6-5-9(2)14-10(11)7-17/h5-7H,3-4,8H2,1-2H3. The lowest BCUT2D eigenvalue weighted by molar-refractivity contribution is 0.111. The predicted octanol–water partition coefficient (Wildman–Crippen LogP) is 2.12. The van der Waals surface area contributed by atoms with Gasteiger partial charge in [0.1, 0.15) is 11.4 Å². The highest BCUT2D eigenvalue weighted by molar-refractivity contribution is 5.76. The minimum Gasteiger partial charge on any atom is -0.483 e. The average Bonchev–Trinajstić information content (AvgIpc) is 2.85. The van der Waals surface area contributed by atoms with Crippen LogP contribution in [0.4, 0.5) is 0 Å². The topological polar surface area (TPSA) is 78.1 Å². The molecule has 6 heteroatoms. The maximum Gasteiger partial charge on any atom is 0.226 e. The van der Waals surface area contributed by atoms with Crippen LogP contribution < -0.4 is 4.74 Å². The highest BCUT2D eigenvalue weighted by atomic mass is 16.5. The second-order valence-corrected chi connectivity index (χ2v) is 4.10. The van der Waals surface area contributed by atoms with Crippen molar-refractivity contribution in [3.05, 3.63) is 35.2 Å². The zero-order valence-electron chi connectivity index (χ0n) is 10.9. The summed E-state index contributed by atoms with van der Waals surface area (Å²) in [4.78, 5) is 19.1. The molecule has 0 radical (unpaired) electrons. The SMILES string of the molecule is CCCc1nc(COc2ccc(C)nc2C=O)no1. The van der Waals surface area contributed by atoms with Crippen LogP contribution >= 0.6 is 0 Å². The summed E-state index contributed by atoms with van der Waals surface area (Å²) in [6.45, 7) is 4.00. The molecular weight excluding hydrogens is 246 g/mol. The van der Waals surface area contributed by atoms with Gasteiger partial charge in [0, 0.05) is 12.1 Å². The van der Waals surface area contributed by atoms with E-state index in [4.69, 9.17) is 9.26 Å². The number of aldehydes is 1. The molecule has 19 heavy (non-hydrogen) atoms. The van der Waals surface area contributed by atoms with Crippen molar-refractivity contribution in [3.63, 3.8) is 0 Å². The van der Waals surface area contributed by atoms with Crippen LogP contribution in [-0.4, -0.2) is 21.4 Å². The number of rotatable bonds is 6. The molecule has 0 N–H and O–H groups in total. The van der Waals surface area contributed by atoms with E-state index >= 15 is 0 Å². The van der Waals surface area contributed by atoms with Crippen LogP contribution in [0.2, 0.25) is 0 Å². The highest BCUT2D eigenvalue weighted by Gasteiger charge is 2.09. The monoisotopic (exact) mass is 261 g/mol. The normalized spacial score (nSPS) is 10.4. The van der Waals surface area contributed by atoms with Gasteiger partial charge >= 0.3 is 0 Å². The lowest BCUT2D eigenvalue weighted by atomic mass is 10.3. The molecule has 0 saturated carbocycles. The number of aryl methyl sites for hydroxylation is 2. The van der Waals surface area contributed by atoms with Crippen LogP contribution in [0.5, 0.6) is 5.75 Å². The van der Waals surface area contributed by atoms with Crippen molar-refractivity contribution in [3.8, 4) is 5.75 Å². The van der Waals surface area contributed by atoms with Gasteiger partial charge in [0.25, 0.3) is 0 Å². The molecule has 2 rings (SSSR count). The number of aromatic nitrogens is 3. The summed E-state index contributed by atoms with van der Waals surface area (Å²) in [5.41, 5.74) is 1.04. The first-order valence-electron chi connectivity index (χ1n) is 6.10. The first-order valence-corrected chi connectivity index (χ1v) is 6.10. The van der Waals surface area contributed by atoms with E-state index in [0.717, 1.165) is 18.5 Å². The first kappa shape index (κ1) is 13.2. The third kappa shape index (κ3) is 3.37. The minimum atomic E-state index is 0.152. The molecule has 0 aliphatic carbocycles. The Morgan fingerprint density at radius 2 is 2.21 bits per heavy atom. The van der Waals surface area contributed by atoms with Crippen LogP contribution in [0.25, 0.3) is 0 Å². The van der Waals surface area contributed by atoms with Gasteiger partial charge in [-0.3, -0.25) is 4.79 Å². The third-order valence-corrected chi connectivity index (χ3v) is 2.47. The maximum absolute atomic E-state index is 10.9. The number of hydrogen-bond donors (Lipinski definition) is 0. The second kappa shape index (κ2) is 6.08. The van der Waals surface area contributed by atoms with Crippen LogP contribution in [0, 0.1) is 6.92 Å². The Morgan fingerprint density at radius 3 is 2.95 bits per heavy atom. The molecule has 0 bridgehead atoms. The molecule has 2 aromatic rings. The Hall–Kier alpha value is -2.24. The average molecular weight is 261 g/mol. The molecule has 6 nitrogen and oxygen atoms in total. The van der Waals surface area contributed by atoms with Crippen LogP contribution in [0.3, 0.4) is 0 Å². The van der Waals surface area contributed by atoms with E-state index in [9.17, 15) is 4.79 Å². The van der Waals surface area contributed by atoms with Crippen molar-refractivity contribution in [2.24, 2.45) is 0 Å². The van der Waals surface area contributed by atoms with E-state index < -0.39 is 0 Å². The van der Waals surface area contributed by atoms with Gasteiger partial charge < -0.3 is 9.26 Å². The van der Waals surface area contributed by atoms with Gasteiger partial charge in [-0.15, -0.1) is 0 Å². The van der Waals surface area contributed by atoms with Crippen LogP contribution in [0.1, 0.15) is 41.2 Å². The molecule has 0 fully saturated rings. The Morgan fingerprint density at radius 1 is 1.37 bits per heavy atom. The Bertz CT molecular complexity index is 566.